The van der Waals surface area contributed by atoms with E-state index in [1.54, 1.807) is 32.9 Å². The quantitative estimate of drug-likeness (QED) is 0.797. The molecule has 2 aromatic rings. The number of carbonyl (C=O) groups excluding carboxylic acids is 2. The maximum Gasteiger partial charge on any atom is 0.325 e. The van der Waals surface area contributed by atoms with Crippen LogP contribution in [0.15, 0.2) is 23.2 Å². The summed E-state index contributed by atoms with van der Waals surface area (Å²) in [6.07, 6.45) is 0. The first kappa shape index (κ1) is 16.4. The molecule has 2 rings (SSSR count). The lowest BCUT2D eigenvalue weighted by Gasteiger charge is -2.11. The van der Waals surface area contributed by atoms with Gasteiger partial charge in [0.15, 0.2) is 4.80 Å². The first-order valence-electron chi connectivity index (χ1n) is 6.68. The summed E-state index contributed by atoms with van der Waals surface area (Å²) in [5, 5.41) is 0. The van der Waals surface area contributed by atoms with Crippen molar-refractivity contribution in [3.63, 3.8) is 0 Å². The lowest BCUT2D eigenvalue weighted by atomic mass is 9.96. The number of hydrogen-bond donors (Lipinski definition) is 0. The smallest absolute Gasteiger partial charge is 0.325 e. The van der Waals surface area contributed by atoms with Gasteiger partial charge in [0.1, 0.15) is 12.4 Å². The van der Waals surface area contributed by atoms with Crippen LogP contribution >= 0.6 is 11.3 Å². The second kappa shape index (κ2) is 6.00. The highest BCUT2D eigenvalue weighted by Crippen LogP contribution is 2.21. The van der Waals surface area contributed by atoms with Crippen LogP contribution in [0.25, 0.3) is 10.2 Å². The average Bonchev–Trinajstić information content (AvgIpc) is 2.76. The molecular formula is C15H17FN2O3S. The molecular weight excluding hydrogens is 307 g/mol. The van der Waals surface area contributed by atoms with Crippen LogP contribution in [0.5, 0.6) is 0 Å². The van der Waals surface area contributed by atoms with Crippen molar-refractivity contribution < 1.29 is 18.7 Å². The molecule has 1 aromatic heterocycles. The number of carbonyl (C=O) groups is 2. The monoisotopic (exact) mass is 324 g/mol. The first-order valence-corrected chi connectivity index (χ1v) is 7.49. The number of para-hydroxylation sites is 1. The molecule has 5 nitrogen and oxygen atoms in total. The van der Waals surface area contributed by atoms with Gasteiger partial charge in [-0.1, -0.05) is 38.2 Å². The van der Waals surface area contributed by atoms with Crippen molar-refractivity contribution in [3.8, 4) is 0 Å². The lowest BCUT2D eigenvalue weighted by Crippen LogP contribution is -2.26. The zero-order valence-electron chi connectivity index (χ0n) is 12.8. The molecule has 0 unspecified atom stereocenters. The molecule has 7 heteroatoms. The lowest BCUT2D eigenvalue weighted by molar-refractivity contribution is -0.141. The van der Waals surface area contributed by atoms with E-state index in [4.69, 9.17) is 0 Å². The third-order valence-corrected chi connectivity index (χ3v) is 4.05. The maximum atomic E-state index is 14.1. The van der Waals surface area contributed by atoms with E-state index in [9.17, 15) is 14.0 Å². The molecule has 22 heavy (non-hydrogen) atoms. The topological polar surface area (TPSA) is 60.7 Å². The fraction of sp³-hybridized carbons (Fsp3) is 0.400. The fourth-order valence-electron chi connectivity index (χ4n) is 1.77. The Morgan fingerprint density at radius 2 is 2.05 bits per heavy atom. The summed E-state index contributed by atoms with van der Waals surface area (Å²) in [5.41, 5.74) is -0.406. The van der Waals surface area contributed by atoms with Gasteiger partial charge in [-0.2, -0.15) is 4.99 Å². The second-order valence-electron chi connectivity index (χ2n) is 5.80. The van der Waals surface area contributed by atoms with Gasteiger partial charge >= 0.3 is 5.97 Å². The number of thiazole rings is 1. The van der Waals surface area contributed by atoms with Crippen molar-refractivity contribution in [3.05, 3.63) is 28.8 Å². The van der Waals surface area contributed by atoms with E-state index in [1.807, 2.05) is 0 Å². The van der Waals surface area contributed by atoms with Crippen molar-refractivity contribution in [1.82, 2.24) is 4.57 Å². The van der Waals surface area contributed by atoms with Crippen molar-refractivity contribution in [2.24, 2.45) is 10.4 Å². The van der Waals surface area contributed by atoms with E-state index < -0.39 is 17.2 Å². The third kappa shape index (κ3) is 3.24. The minimum atomic E-state index is -0.655. The SMILES string of the molecule is COC(=O)Cn1c(=NC(=O)C(C)(C)C)sc2cccc(F)c21. The van der Waals surface area contributed by atoms with Crippen LogP contribution in [0, 0.1) is 11.2 Å². The van der Waals surface area contributed by atoms with E-state index in [-0.39, 0.29) is 22.8 Å². The van der Waals surface area contributed by atoms with E-state index in [1.165, 1.54) is 17.7 Å². The van der Waals surface area contributed by atoms with Crippen molar-refractivity contribution in [2.45, 2.75) is 27.3 Å². The number of nitrogens with zero attached hydrogens (tertiary/aromatic N) is 2. The maximum absolute atomic E-state index is 14.1. The highest BCUT2D eigenvalue weighted by Gasteiger charge is 2.22. The van der Waals surface area contributed by atoms with Crippen LogP contribution < -0.4 is 4.80 Å². The molecule has 0 bridgehead atoms. The van der Waals surface area contributed by atoms with Gasteiger partial charge in [-0.05, 0) is 12.1 Å². The number of benzene rings is 1. The van der Waals surface area contributed by atoms with Gasteiger partial charge in [0.25, 0.3) is 5.91 Å². The van der Waals surface area contributed by atoms with Gasteiger partial charge in [0.2, 0.25) is 0 Å². The molecule has 0 saturated heterocycles. The Labute approximate surface area is 131 Å². The number of amides is 1. The van der Waals surface area contributed by atoms with Gasteiger partial charge in [-0.25, -0.2) is 4.39 Å². The van der Waals surface area contributed by atoms with Crippen LogP contribution in [0.1, 0.15) is 20.8 Å². The Morgan fingerprint density at radius 3 is 2.64 bits per heavy atom. The Bertz CT molecular complexity index is 799. The molecule has 0 fully saturated rings. The number of hydrogen-bond acceptors (Lipinski definition) is 4. The normalized spacial score (nSPS) is 12.7. The molecule has 0 N–H and O–H groups in total. The standard InChI is InChI=1S/C15H17FN2O3S/c1-15(2,3)13(20)17-14-18(8-11(19)21-4)12-9(16)6-5-7-10(12)22-14/h5-7H,8H2,1-4H3. The summed E-state index contributed by atoms with van der Waals surface area (Å²) in [6, 6.07) is 4.60. The number of methoxy groups -OCH3 is 1. The number of ether oxygens (including phenoxy) is 1. The van der Waals surface area contributed by atoms with Crippen LogP contribution in [0.2, 0.25) is 0 Å². The zero-order valence-corrected chi connectivity index (χ0v) is 13.7. The van der Waals surface area contributed by atoms with Gasteiger partial charge in [0, 0.05) is 5.41 Å². The van der Waals surface area contributed by atoms with Crippen molar-refractivity contribution >= 4 is 33.4 Å². The molecule has 0 spiro atoms. The second-order valence-corrected chi connectivity index (χ2v) is 6.81. The molecule has 1 heterocycles. The molecule has 1 amide bonds. The van der Waals surface area contributed by atoms with E-state index in [0.29, 0.717) is 4.70 Å². The van der Waals surface area contributed by atoms with Gasteiger partial charge in [-0.15, -0.1) is 0 Å². The molecule has 0 atom stereocenters. The first-order chi connectivity index (χ1) is 10.2. The van der Waals surface area contributed by atoms with Gasteiger partial charge in [-0.3, -0.25) is 9.59 Å². The summed E-state index contributed by atoms with van der Waals surface area (Å²) in [5.74, 6) is -1.34. The summed E-state index contributed by atoms with van der Waals surface area (Å²) in [7, 11) is 1.25. The highest BCUT2D eigenvalue weighted by atomic mass is 32.1. The largest absolute Gasteiger partial charge is 0.468 e. The molecule has 0 aliphatic heterocycles. The van der Waals surface area contributed by atoms with Crippen LogP contribution in [0.4, 0.5) is 4.39 Å². The average molecular weight is 324 g/mol. The summed E-state index contributed by atoms with van der Waals surface area (Å²) < 4.78 is 20.7. The Hall–Kier alpha value is -2.02. The van der Waals surface area contributed by atoms with E-state index in [0.717, 1.165) is 11.3 Å². The number of aromatic nitrogens is 1. The Morgan fingerprint density at radius 1 is 1.36 bits per heavy atom. The van der Waals surface area contributed by atoms with Crippen molar-refractivity contribution in [2.75, 3.05) is 7.11 Å². The van der Waals surface area contributed by atoms with Crippen LogP contribution in [-0.4, -0.2) is 23.6 Å². The highest BCUT2D eigenvalue weighted by molar-refractivity contribution is 7.16. The Kier molecular flexibility index (Phi) is 4.46. The molecule has 0 aliphatic carbocycles. The Balaban J connectivity index is 2.70. The number of halogens is 1. The van der Waals surface area contributed by atoms with Crippen molar-refractivity contribution in [1.29, 1.82) is 0 Å². The van der Waals surface area contributed by atoms with Crippen LogP contribution in [-0.2, 0) is 20.9 Å². The molecule has 0 aliphatic rings. The van der Waals surface area contributed by atoms with Gasteiger partial charge in [0.05, 0.1) is 17.3 Å². The minimum Gasteiger partial charge on any atom is -0.468 e. The zero-order chi connectivity index (χ0) is 16.5. The number of rotatable bonds is 2. The van der Waals surface area contributed by atoms with E-state index >= 15 is 0 Å². The molecule has 1 aromatic carbocycles. The number of fused-ring (bicyclic) bond motifs is 1. The van der Waals surface area contributed by atoms with Crippen LogP contribution in [0.3, 0.4) is 0 Å². The summed E-state index contributed by atoms with van der Waals surface area (Å²) in [6.45, 7) is 5.04. The molecule has 0 saturated carbocycles. The summed E-state index contributed by atoms with van der Waals surface area (Å²) in [4.78, 5) is 28.0. The van der Waals surface area contributed by atoms with Gasteiger partial charge < -0.3 is 9.30 Å². The predicted octanol–water partition coefficient (Wildman–Crippen LogP) is 2.49. The molecule has 0 radical (unpaired) electrons. The predicted molar refractivity (Wildman–Crippen MR) is 81.8 cm³/mol. The number of esters is 1. The third-order valence-electron chi connectivity index (χ3n) is 3.01. The summed E-state index contributed by atoms with van der Waals surface area (Å²) >= 11 is 1.16. The minimum absolute atomic E-state index is 0.201. The fourth-order valence-corrected chi connectivity index (χ4v) is 2.81. The van der Waals surface area contributed by atoms with E-state index in [2.05, 4.69) is 9.73 Å². The molecule has 118 valence electrons.